The van der Waals surface area contributed by atoms with Crippen molar-refractivity contribution in [3.8, 4) is 0 Å². The number of amides is 1. The molecule has 1 heterocycles. The van der Waals surface area contributed by atoms with E-state index in [4.69, 9.17) is 23.2 Å². The fourth-order valence-corrected chi connectivity index (χ4v) is 5.76. The van der Waals surface area contributed by atoms with Gasteiger partial charge in [-0.3, -0.25) is 4.79 Å². The van der Waals surface area contributed by atoms with Gasteiger partial charge in [0.25, 0.3) is 0 Å². The van der Waals surface area contributed by atoms with Crippen LogP contribution in [0.15, 0.2) is 36.4 Å². The molecule has 1 amide bonds. The number of hydrogen-bond donors (Lipinski definition) is 1. The maximum Gasteiger partial charge on any atom is 0.227 e. The molecule has 5 nitrogen and oxygen atoms in total. The summed E-state index contributed by atoms with van der Waals surface area (Å²) in [6.45, 7) is 4.61. The molecule has 0 saturated carbocycles. The van der Waals surface area contributed by atoms with E-state index < -0.39 is 10.0 Å². The van der Waals surface area contributed by atoms with Gasteiger partial charge < -0.3 is 5.32 Å². The Bertz CT molecular complexity index is 996. The number of anilines is 1. The average Bonchev–Trinajstić information content (AvgIpc) is 2.63. The van der Waals surface area contributed by atoms with Crippen LogP contribution in [0.5, 0.6) is 0 Å². The number of halogens is 2. The van der Waals surface area contributed by atoms with E-state index in [-0.39, 0.29) is 17.6 Å². The lowest BCUT2D eigenvalue weighted by Gasteiger charge is -2.30. The normalized spacial score (nSPS) is 16.0. The number of nitrogens with zero attached hydrogens (tertiary/aromatic N) is 1. The van der Waals surface area contributed by atoms with Crippen molar-refractivity contribution in [2.45, 2.75) is 32.4 Å². The van der Waals surface area contributed by atoms with Crippen LogP contribution in [0.3, 0.4) is 0 Å². The summed E-state index contributed by atoms with van der Waals surface area (Å²) in [5.41, 5.74) is 3.47. The fourth-order valence-electron chi connectivity index (χ4n) is 3.61. The Hall–Kier alpha value is -1.60. The van der Waals surface area contributed by atoms with Crippen LogP contribution in [0.4, 0.5) is 5.69 Å². The molecule has 156 valence electrons. The van der Waals surface area contributed by atoms with Crippen LogP contribution in [0.1, 0.15) is 29.5 Å². The van der Waals surface area contributed by atoms with Crippen LogP contribution in [0, 0.1) is 19.8 Å². The number of nitrogens with one attached hydrogen (secondary N) is 1. The molecule has 0 unspecified atom stereocenters. The first kappa shape index (κ1) is 22.1. The molecule has 3 rings (SSSR count). The van der Waals surface area contributed by atoms with E-state index >= 15 is 0 Å². The maximum absolute atomic E-state index is 12.8. The van der Waals surface area contributed by atoms with Gasteiger partial charge in [0.2, 0.25) is 15.9 Å². The number of carbonyl (C=O) groups excluding carboxylic acids is 1. The van der Waals surface area contributed by atoms with Crippen molar-refractivity contribution in [3.63, 3.8) is 0 Å². The Morgan fingerprint density at radius 3 is 2.28 bits per heavy atom. The highest BCUT2D eigenvalue weighted by atomic mass is 35.5. The van der Waals surface area contributed by atoms with E-state index in [0.717, 1.165) is 16.8 Å². The van der Waals surface area contributed by atoms with E-state index in [2.05, 4.69) is 5.32 Å². The van der Waals surface area contributed by atoms with Gasteiger partial charge in [0.15, 0.2) is 0 Å². The third kappa shape index (κ3) is 5.72. The molecule has 0 bridgehead atoms. The summed E-state index contributed by atoms with van der Waals surface area (Å²) >= 11 is 12.0. The smallest absolute Gasteiger partial charge is 0.227 e. The van der Waals surface area contributed by atoms with Crippen molar-refractivity contribution in [1.82, 2.24) is 4.31 Å². The topological polar surface area (TPSA) is 66.5 Å². The molecule has 29 heavy (non-hydrogen) atoms. The average molecular weight is 455 g/mol. The molecule has 1 fully saturated rings. The first-order chi connectivity index (χ1) is 13.6. The molecular formula is C21H24Cl2N2O3S. The predicted octanol–water partition coefficient (Wildman–Crippen LogP) is 4.79. The Morgan fingerprint density at radius 1 is 1.07 bits per heavy atom. The summed E-state index contributed by atoms with van der Waals surface area (Å²) in [5, 5.41) is 3.76. The quantitative estimate of drug-likeness (QED) is 0.705. The largest absolute Gasteiger partial charge is 0.326 e. The third-order valence-corrected chi connectivity index (χ3v) is 7.48. The summed E-state index contributed by atoms with van der Waals surface area (Å²) in [6.07, 6.45) is 0.981. The van der Waals surface area contributed by atoms with Crippen molar-refractivity contribution in [3.05, 3.63) is 63.1 Å². The number of sulfonamides is 1. The summed E-state index contributed by atoms with van der Waals surface area (Å²) in [4.78, 5) is 12.6. The summed E-state index contributed by atoms with van der Waals surface area (Å²) < 4.78 is 27.0. The first-order valence-corrected chi connectivity index (χ1v) is 11.8. The molecule has 1 N–H and O–H groups in total. The van der Waals surface area contributed by atoms with E-state index in [1.807, 2.05) is 32.0 Å². The van der Waals surface area contributed by atoms with Crippen LogP contribution in [-0.4, -0.2) is 31.7 Å². The second-order valence-corrected chi connectivity index (χ2v) is 10.3. The van der Waals surface area contributed by atoms with Crippen molar-refractivity contribution in [1.29, 1.82) is 0 Å². The Labute approximate surface area is 182 Å². The summed E-state index contributed by atoms with van der Waals surface area (Å²) in [5.74, 6) is -0.447. The van der Waals surface area contributed by atoms with Crippen LogP contribution >= 0.6 is 23.2 Å². The van der Waals surface area contributed by atoms with Gasteiger partial charge in [0.05, 0.1) is 5.75 Å². The molecule has 8 heteroatoms. The van der Waals surface area contributed by atoms with Crippen molar-refractivity contribution >= 4 is 44.8 Å². The number of hydrogen-bond acceptors (Lipinski definition) is 3. The van der Waals surface area contributed by atoms with Gasteiger partial charge in [-0.2, -0.15) is 0 Å². The number of aryl methyl sites for hydroxylation is 2. The summed E-state index contributed by atoms with van der Waals surface area (Å²) in [7, 11) is -3.52. The zero-order valence-electron chi connectivity index (χ0n) is 16.4. The Balaban J connectivity index is 1.59. The zero-order valence-corrected chi connectivity index (χ0v) is 18.7. The minimum Gasteiger partial charge on any atom is -0.326 e. The molecule has 0 radical (unpaired) electrons. The van der Waals surface area contributed by atoms with E-state index in [0.29, 0.717) is 41.5 Å². The lowest BCUT2D eigenvalue weighted by molar-refractivity contribution is -0.120. The van der Waals surface area contributed by atoms with Gasteiger partial charge >= 0.3 is 0 Å². The SMILES string of the molecule is Cc1cc(C)cc(NC(=O)C2CCN(S(=O)(=O)Cc3ccc(Cl)cc3Cl)CC2)c1. The van der Waals surface area contributed by atoms with Gasteiger partial charge in [-0.05, 0) is 67.6 Å². The van der Waals surface area contributed by atoms with Crippen LogP contribution in [-0.2, 0) is 20.6 Å². The van der Waals surface area contributed by atoms with Gasteiger partial charge in [0.1, 0.15) is 0 Å². The molecule has 2 aromatic carbocycles. The molecule has 0 aromatic heterocycles. The van der Waals surface area contributed by atoms with E-state index in [9.17, 15) is 13.2 Å². The van der Waals surface area contributed by atoms with Crippen molar-refractivity contribution in [2.24, 2.45) is 5.92 Å². The Morgan fingerprint density at radius 2 is 1.69 bits per heavy atom. The van der Waals surface area contributed by atoms with E-state index in [1.54, 1.807) is 12.1 Å². The lowest BCUT2D eigenvalue weighted by atomic mass is 9.97. The van der Waals surface area contributed by atoms with Gasteiger partial charge in [-0.1, -0.05) is 35.3 Å². The van der Waals surface area contributed by atoms with E-state index in [1.165, 1.54) is 10.4 Å². The molecule has 1 aliphatic heterocycles. The molecular weight excluding hydrogens is 431 g/mol. The fraction of sp³-hybridized carbons (Fsp3) is 0.381. The van der Waals surface area contributed by atoms with Gasteiger partial charge in [0, 0.05) is 34.7 Å². The molecule has 2 aromatic rings. The van der Waals surface area contributed by atoms with Gasteiger partial charge in [-0.15, -0.1) is 0 Å². The maximum atomic E-state index is 12.8. The Kier molecular flexibility index (Phi) is 6.89. The van der Waals surface area contributed by atoms with Crippen LogP contribution in [0.25, 0.3) is 0 Å². The highest BCUT2D eigenvalue weighted by molar-refractivity contribution is 7.88. The minimum atomic E-state index is -3.52. The monoisotopic (exact) mass is 454 g/mol. The standard InChI is InChI=1S/C21H24Cl2N2O3S/c1-14-9-15(2)11-19(10-14)24-21(26)16-5-7-25(8-6-16)29(27,28)13-17-3-4-18(22)12-20(17)23/h3-4,9-12,16H,5-8,13H2,1-2H3,(H,24,26). The number of benzene rings is 2. The number of carbonyl (C=O) groups is 1. The van der Waals surface area contributed by atoms with Crippen LogP contribution in [0.2, 0.25) is 10.0 Å². The second kappa shape index (κ2) is 9.04. The van der Waals surface area contributed by atoms with Crippen molar-refractivity contribution in [2.75, 3.05) is 18.4 Å². The van der Waals surface area contributed by atoms with Crippen LogP contribution < -0.4 is 5.32 Å². The zero-order chi connectivity index (χ0) is 21.2. The second-order valence-electron chi connectivity index (χ2n) is 7.53. The highest BCUT2D eigenvalue weighted by Crippen LogP contribution is 2.27. The predicted molar refractivity (Wildman–Crippen MR) is 118 cm³/mol. The third-order valence-electron chi connectivity index (χ3n) is 5.06. The molecule has 0 atom stereocenters. The molecule has 0 aliphatic carbocycles. The highest BCUT2D eigenvalue weighted by Gasteiger charge is 2.31. The number of rotatable bonds is 5. The molecule has 1 saturated heterocycles. The summed E-state index contributed by atoms with van der Waals surface area (Å²) in [6, 6.07) is 10.7. The van der Waals surface area contributed by atoms with Gasteiger partial charge in [-0.25, -0.2) is 12.7 Å². The van der Waals surface area contributed by atoms with Crippen molar-refractivity contribution < 1.29 is 13.2 Å². The minimum absolute atomic E-state index is 0.0622. The lowest BCUT2D eigenvalue weighted by Crippen LogP contribution is -2.41. The first-order valence-electron chi connectivity index (χ1n) is 9.45. The number of piperidine rings is 1. The molecule has 1 aliphatic rings. The molecule has 0 spiro atoms.